The van der Waals surface area contributed by atoms with Crippen LogP contribution in [0.4, 0.5) is 0 Å². The molecule has 0 fully saturated rings. The van der Waals surface area contributed by atoms with Crippen molar-refractivity contribution in [1.29, 1.82) is 0 Å². The third-order valence-electron chi connectivity index (χ3n) is 31.7. The Morgan fingerprint density at radius 2 is 0.403 bits per heavy atom. The van der Waals surface area contributed by atoms with Gasteiger partial charge in [-0.25, -0.2) is 0 Å². The summed E-state index contributed by atoms with van der Waals surface area (Å²) in [5.41, 5.74) is 12.6. The van der Waals surface area contributed by atoms with E-state index in [0.29, 0.717) is 0 Å². The van der Waals surface area contributed by atoms with Gasteiger partial charge in [-0.3, -0.25) is 0 Å². The van der Waals surface area contributed by atoms with Gasteiger partial charge in [0.2, 0.25) is 0 Å². The van der Waals surface area contributed by atoms with Crippen molar-refractivity contribution in [3.63, 3.8) is 0 Å². The van der Waals surface area contributed by atoms with E-state index in [4.69, 9.17) is 0 Å². The Kier molecular flexibility index (Phi) is 73.2. The standard InChI is InChI=1S/C129H220S4Si/c1-7-12-17-22-27-32-37-42-47-52-57-62-67-72-77-82-87-92-97-115-107-123(131-113-115)125-109-117(99-94-89-84-79-74-69-64-59-54-49-44-39-34-29-24-19-14-9-3)129(133-125)119-101-103-121-120-102-100-118(128-116(108-124(132-128)122-106-114(6)112-130-122)98-93-88-83-78-73-68-63-58-53-48-43-38-33-28-23-18-13-8-2)110-126(120)134(127(121)111-119,104-95-90-85-80-75-70-65-60-55-50-45-40-35-30-25-20-15-10-4)105-96-91-86-81-76-71-66-61-56-51-46-41-36-31-26-21-16-11-5/h100-103,106-113H,7-99,104-105H2,1-6H3. The number of unbranched alkanes of at least 4 members (excludes halogenated alkanes) is 85. The van der Waals surface area contributed by atoms with Gasteiger partial charge < -0.3 is 0 Å². The van der Waals surface area contributed by atoms with E-state index in [1.54, 1.807) is 43.1 Å². The maximum atomic E-state index is 2.93. The first-order chi connectivity index (χ1) is 66.4. The zero-order valence-corrected chi connectivity index (χ0v) is 94.5. The molecular formula is C129H220S4Si. The Morgan fingerprint density at radius 1 is 0.194 bits per heavy atom. The molecule has 2 aromatic carbocycles. The number of rotatable bonds is 99. The summed E-state index contributed by atoms with van der Waals surface area (Å²) in [5.74, 6) is 0. The average molecular weight is 1930 g/mol. The second kappa shape index (κ2) is 82.8. The lowest BCUT2D eigenvalue weighted by atomic mass is 9.98. The van der Waals surface area contributed by atoms with Gasteiger partial charge in [0.25, 0.3) is 0 Å². The van der Waals surface area contributed by atoms with E-state index in [0.717, 1.165) is 0 Å². The van der Waals surface area contributed by atoms with Crippen LogP contribution in [0.2, 0.25) is 12.1 Å². The van der Waals surface area contributed by atoms with Crippen molar-refractivity contribution in [2.75, 3.05) is 0 Å². The smallest absolute Gasteiger partial charge is 0.119 e. The molecule has 6 aromatic rings. The summed E-state index contributed by atoms with van der Waals surface area (Å²) in [7, 11) is -2.33. The number of hydrogen-bond donors (Lipinski definition) is 0. The van der Waals surface area contributed by atoms with E-state index in [1.165, 1.54) is 640 Å². The average Bonchev–Trinajstić information content (AvgIpc) is 1.56. The minimum Gasteiger partial charge on any atom is -0.143 e. The molecule has 1 aliphatic rings. The molecule has 0 nitrogen and oxygen atoms in total. The lowest BCUT2D eigenvalue weighted by Gasteiger charge is -2.31. The third-order valence-corrected chi connectivity index (χ3v) is 41.9. The van der Waals surface area contributed by atoms with Crippen LogP contribution in [0, 0.1) is 6.92 Å². The third kappa shape index (κ3) is 53.7. The Balaban J connectivity index is 1.10. The summed E-state index contributed by atoms with van der Waals surface area (Å²) in [4.78, 5) is 9.22. The molecule has 0 saturated heterocycles. The van der Waals surface area contributed by atoms with Crippen molar-refractivity contribution in [3.05, 3.63) is 93.7 Å². The van der Waals surface area contributed by atoms with Crippen LogP contribution in [0.1, 0.15) is 635 Å². The van der Waals surface area contributed by atoms with Crippen molar-refractivity contribution in [3.8, 4) is 51.5 Å². The number of benzene rings is 2. The fraction of sp³-hybridized carbons (Fsp3) is 0.783. The molecule has 764 valence electrons. The van der Waals surface area contributed by atoms with E-state index < -0.39 is 8.07 Å². The first-order valence-electron chi connectivity index (χ1n) is 61.1. The van der Waals surface area contributed by atoms with Crippen LogP contribution >= 0.6 is 45.3 Å². The minimum atomic E-state index is -2.33. The summed E-state index contributed by atoms with van der Waals surface area (Å²) in [6.45, 7) is 14.0. The van der Waals surface area contributed by atoms with Gasteiger partial charge in [0, 0.05) is 29.3 Å². The van der Waals surface area contributed by atoms with Gasteiger partial charge in [-0.2, -0.15) is 0 Å². The van der Waals surface area contributed by atoms with Crippen molar-refractivity contribution in [2.24, 2.45) is 0 Å². The highest BCUT2D eigenvalue weighted by molar-refractivity contribution is 7.24. The first kappa shape index (κ1) is 118. The quantitative estimate of drug-likeness (QED) is 0.0264. The van der Waals surface area contributed by atoms with Crippen LogP contribution in [0.25, 0.3) is 51.5 Å². The Hall–Kier alpha value is -2.54. The Morgan fingerprint density at radius 3 is 0.634 bits per heavy atom. The molecule has 0 bridgehead atoms. The topological polar surface area (TPSA) is 0 Å². The molecule has 0 unspecified atom stereocenters. The fourth-order valence-electron chi connectivity index (χ4n) is 22.9. The molecule has 5 heteroatoms. The van der Waals surface area contributed by atoms with Crippen molar-refractivity contribution < 1.29 is 0 Å². The molecule has 0 spiro atoms. The first-order valence-corrected chi connectivity index (χ1v) is 66.9. The van der Waals surface area contributed by atoms with Crippen LogP contribution in [0.5, 0.6) is 0 Å². The maximum absolute atomic E-state index is 2.93. The van der Waals surface area contributed by atoms with Gasteiger partial charge in [0.05, 0.1) is 0 Å². The summed E-state index contributed by atoms with van der Waals surface area (Å²) >= 11 is 8.36. The zero-order valence-electron chi connectivity index (χ0n) is 90.2. The largest absolute Gasteiger partial charge is 0.143 e. The number of thiophene rings is 4. The molecule has 0 aliphatic carbocycles. The van der Waals surface area contributed by atoms with E-state index in [9.17, 15) is 0 Å². The highest BCUT2D eigenvalue weighted by Crippen LogP contribution is 2.47. The van der Waals surface area contributed by atoms with Crippen molar-refractivity contribution >= 4 is 63.8 Å². The number of aryl methyl sites for hydroxylation is 4. The van der Waals surface area contributed by atoms with Crippen molar-refractivity contribution in [2.45, 2.75) is 651 Å². The summed E-state index contributed by atoms with van der Waals surface area (Å²) in [6.07, 6.45) is 133. The van der Waals surface area contributed by atoms with Crippen LogP contribution in [-0.4, -0.2) is 8.07 Å². The zero-order chi connectivity index (χ0) is 94.2. The van der Waals surface area contributed by atoms with Gasteiger partial charge >= 0.3 is 0 Å². The molecule has 1 aliphatic heterocycles. The van der Waals surface area contributed by atoms with E-state index in [2.05, 4.69) is 147 Å². The molecule has 0 N–H and O–H groups in total. The summed E-state index contributed by atoms with van der Waals surface area (Å²) in [6, 6.07) is 30.0. The Labute approximate surface area is 853 Å². The highest BCUT2D eigenvalue weighted by atomic mass is 32.1. The number of hydrogen-bond acceptors (Lipinski definition) is 4. The minimum absolute atomic E-state index is 1.20. The molecule has 7 rings (SSSR count). The summed E-state index contributed by atoms with van der Waals surface area (Å²) in [5, 5.41) is 8.62. The summed E-state index contributed by atoms with van der Waals surface area (Å²) < 4.78 is 0. The lowest BCUT2D eigenvalue weighted by molar-refractivity contribution is 0.525. The second-order valence-electron chi connectivity index (χ2n) is 44.1. The normalized spacial score (nSPS) is 12.5. The second-order valence-corrected chi connectivity index (χ2v) is 52.3. The predicted molar refractivity (Wildman–Crippen MR) is 620 cm³/mol. The molecular weight excluding hydrogens is 1710 g/mol. The molecule has 0 radical (unpaired) electrons. The molecule has 0 atom stereocenters. The molecule has 0 saturated carbocycles. The van der Waals surface area contributed by atoms with Gasteiger partial charge in [0.15, 0.2) is 0 Å². The molecule has 0 amide bonds. The predicted octanol–water partition coefficient (Wildman–Crippen LogP) is 47.3. The van der Waals surface area contributed by atoms with E-state index in [1.807, 2.05) is 21.7 Å². The van der Waals surface area contributed by atoms with Crippen LogP contribution in [-0.2, 0) is 19.3 Å². The maximum Gasteiger partial charge on any atom is 0.119 e. The van der Waals surface area contributed by atoms with Crippen LogP contribution in [0.15, 0.2) is 71.4 Å². The SMILES string of the molecule is CCCCCCCCCCCCCCCCCCCCc1csc(-c2cc(CCCCCCCCCCCCCCCCCCCC)c(-c3ccc4c(c3)[Si](CCCCCCCCCCCCCCCCCCCC)(CCCCCCCCCCCCCCCCCCCC)c3cc(-c5sc(-c6cc(C)cs6)cc5CCCCCCCCCCCCCCCCCCCC)ccc3-4)s2)c1. The monoisotopic (exact) mass is 1930 g/mol. The van der Waals surface area contributed by atoms with Crippen LogP contribution < -0.4 is 10.4 Å². The van der Waals surface area contributed by atoms with Gasteiger partial charge in [-0.15, -0.1) is 45.3 Å². The lowest BCUT2D eigenvalue weighted by Crippen LogP contribution is -2.55. The van der Waals surface area contributed by atoms with Gasteiger partial charge in [0.1, 0.15) is 8.07 Å². The molecule has 4 aromatic heterocycles. The molecule has 134 heavy (non-hydrogen) atoms. The fourth-order valence-corrected chi connectivity index (χ4v) is 33.0. The van der Waals surface area contributed by atoms with Gasteiger partial charge in [-0.05, 0) is 147 Å². The van der Waals surface area contributed by atoms with E-state index in [-0.39, 0.29) is 0 Å². The van der Waals surface area contributed by atoms with Crippen LogP contribution in [0.3, 0.4) is 0 Å². The highest BCUT2D eigenvalue weighted by Gasteiger charge is 2.45. The van der Waals surface area contributed by atoms with E-state index >= 15 is 0 Å². The number of fused-ring (bicyclic) bond motifs is 3. The van der Waals surface area contributed by atoms with Crippen molar-refractivity contribution in [1.82, 2.24) is 0 Å². The van der Waals surface area contributed by atoms with Gasteiger partial charge in [-0.1, -0.05) is 630 Å². The molecule has 5 heterocycles. The Bertz CT molecular complexity index is 3560.